The van der Waals surface area contributed by atoms with Gasteiger partial charge < -0.3 is 10.2 Å². The SMILES string of the molecule is CCC1CNC2(CCCC2)CN1c1cc(F)ccc1C. The normalized spacial score (nSPS) is 25.4. The lowest BCUT2D eigenvalue weighted by atomic mass is 9.91. The lowest BCUT2D eigenvalue weighted by Crippen LogP contribution is -2.63. The molecule has 1 saturated carbocycles. The van der Waals surface area contributed by atoms with Gasteiger partial charge in [0.15, 0.2) is 0 Å². The summed E-state index contributed by atoms with van der Waals surface area (Å²) in [4.78, 5) is 2.46. The van der Waals surface area contributed by atoms with Crippen molar-refractivity contribution in [3.8, 4) is 0 Å². The van der Waals surface area contributed by atoms with Crippen LogP contribution in [0, 0.1) is 12.7 Å². The molecule has 1 saturated heterocycles. The minimum Gasteiger partial charge on any atom is -0.365 e. The number of halogens is 1. The number of hydrogen-bond acceptors (Lipinski definition) is 2. The van der Waals surface area contributed by atoms with Crippen LogP contribution in [0.25, 0.3) is 0 Å². The summed E-state index contributed by atoms with van der Waals surface area (Å²) in [5.74, 6) is -0.126. The third kappa shape index (κ3) is 2.44. The van der Waals surface area contributed by atoms with E-state index < -0.39 is 0 Å². The van der Waals surface area contributed by atoms with Gasteiger partial charge in [0.2, 0.25) is 0 Å². The maximum atomic E-state index is 13.7. The molecule has 2 nitrogen and oxygen atoms in total. The fraction of sp³-hybridized carbons (Fsp3) is 0.647. The third-order valence-corrected chi connectivity index (χ3v) is 5.14. The molecular weight excluding hydrogens is 251 g/mol. The van der Waals surface area contributed by atoms with Crippen LogP contribution in [0.15, 0.2) is 18.2 Å². The molecular formula is C17H25FN2. The molecule has 1 spiro atoms. The Labute approximate surface area is 121 Å². The molecule has 2 aliphatic rings. The molecule has 1 aromatic rings. The summed E-state index contributed by atoms with van der Waals surface area (Å²) in [6, 6.07) is 5.65. The van der Waals surface area contributed by atoms with Crippen LogP contribution in [0.4, 0.5) is 10.1 Å². The van der Waals surface area contributed by atoms with E-state index in [0.29, 0.717) is 6.04 Å². The number of benzene rings is 1. The number of nitrogens with one attached hydrogen (secondary N) is 1. The Morgan fingerprint density at radius 2 is 2.10 bits per heavy atom. The highest BCUT2D eigenvalue weighted by Crippen LogP contribution is 2.36. The van der Waals surface area contributed by atoms with Crippen molar-refractivity contribution in [2.45, 2.75) is 57.5 Å². The summed E-state index contributed by atoms with van der Waals surface area (Å²) < 4.78 is 13.7. The standard InChI is InChI=1S/C17H25FN2/c1-3-15-11-19-17(8-4-5-9-17)12-20(15)16-10-14(18)7-6-13(16)2/h6-7,10,15,19H,3-5,8-9,11-12H2,1-2H3. The molecule has 0 radical (unpaired) electrons. The van der Waals surface area contributed by atoms with Gasteiger partial charge in [0.05, 0.1) is 0 Å². The molecule has 3 heteroatoms. The molecule has 1 aliphatic heterocycles. The van der Waals surface area contributed by atoms with E-state index in [1.165, 1.54) is 31.2 Å². The van der Waals surface area contributed by atoms with Crippen molar-refractivity contribution < 1.29 is 4.39 Å². The molecule has 0 amide bonds. The molecule has 110 valence electrons. The van der Waals surface area contributed by atoms with Crippen LogP contribution in [0.2, 0.25) is 0 Å². The van der Waals surface area contributed by atoms with Crippen molar-refractivity contribution in [3.05, 3.63) is 29.6 Å². The fourth-order valence-electron chi connectivity index (χ4n) is 3.88. The molecule has 2 fully saturated rings. The average molecular weight is 276 g/mol. The lowest BCUT2D eigenvalue weighted by molar-refractivity contribution is 0.267. The summed E-state index contributed by atoms with van der Waals surface area (Å²) >= 11 is 0. The summed E-state index contributed by atoms with van der Waals surface area (Å²) in [5, 5.41) is 3.79. The van der Waals surface area contributed by atoms with Crippen LogP contribution < -0.4 is 10.2 Å². The predicted octanol–water partition coefficient (Wildman–Crippen LogP) is 3.64. The van der Waals surface area contributed by atoms with E-state index in [0.717, 1.165) is 25.2 Å². The second kappa shape index (κ2) is 5.36. The van der Waals surface area contributed by atoms with Crippen molar-refractivity contribution in [1.29, 1.82) is 0 Å². The Hall–Kier alpha value is -1.09. The number of aryl methyl sites for hydroxylation is 1. The van der Waals surface area contributed by atoms with E-state index in [9.17, 15) is 4.39 Å². The first-order valence-electron chi connectivity index (χ1n) is 7.91. The highest BCUT2D eigenvalue weighted by molar-refractivity contribution is 5.55. The Bertz CT molecular complexity index is 480. The zero-order valence-electron chi connectivity index (χ0n) is 12.6. The second-order valence-electron chi connectivity index (χ2n) is 6.49. The van der Waals surface area contributed by atoms with E-state index in [2.05, 4.69) is 24.1 Å². The number of rotatable bonds is 2. The maximum absolute atomic E-state index is 13.7. The van der Waals surface area contributed by atoms with Gasteiger partial charge in [-0.2, -0.15) is 0 Å². The fourth-order valence-corrected chi connectivity index (χ4v) is 3.88. The molecule has 0 aromatic heterocycles. The van der Waals surface area contributed by atoms with E-state index in [-0.39, 0.29) is 11.4 Å². The molecule has 1 N–H and O–H groups in total. The first-order chi connectivity index (χ1) is 9.63. The van der Waals surface area contributed by atoms with E-state index in [1.54, 1.807) is 12.1 Å². The van der Waals surface area contributed by atoms with Crippen molar-refractivity contribution in [2.75, 3.05) is 18.0 Å². The predicted molar refractivity (Wildman–Crippen MR) is 81.8 cm³/mol. The monoisotopic (exact) mass is 276 g/mol. The van der Waals surface area contributed by atoms with Gasteiger partial charge in [-0.1, -0.05) is 25.8 Å². The second-order valence-corrected chi connectivity index (χ2v) is 6.49. The number of nitrogens with zero attached hydrogens (tertiary/aromatic N) is 1. The first kappa shape index (κ1) is 13.9. The highest BCUT2D eigenvalue weighted by Gasteiger charge is 2.40. The van der Waals surface area contributed by atoms with Gasteiger partial charge in [-0.3, -0.25) is 0 Å². The quantitative estimate of drug-likeness (QED) is 0.887. The smallest absolute Gasteiger partial charge is 0.125 e. The molecule has 20 heavy (non-hydrogen) atoms. The van der Waals surface area contributed by atoms with Crippen LogP contribution >= 0.6 is 0 Å². The molecule has 3 rings (SSSR count). The molecule has 1 atom stereocenters. The summed E-state index contributed by atoms with van der Waals surface area (Å²) in [6.07, 6.45) is 6.25. The Kier molecular flexibility index (Phi) is 3.72. The van der Waals surface area contributed by atoms with Gasteiger partial charge >= 0.3 is 0 Å². The molecule has 1 unspecified atom stereocenters. The highest BCUT2D eigenvalue weighted by atomic mass is 19.1. The largest absolute Gasteiger partial charge is 0.365 e. The molecule has 1 aromatic carbocycles. The van der Waals surface area contributed by atoms with E-state index >= 15 is 0 Å². The number of hydrogen-bond donors (Lipinski definition) is 1. The maximum Gasteiger partial charge on any atom is 0.125 e. The van der Waals surface area contributed by atoms with Crippen molar-refractivity contribution in [2.24, 2.45) is 0 Å². The van der Waals surface area contributed by atoms with Gasteiger partial charge in [0.25, 0.3) is 0 Å². The molecule has 0 bridgehead atoms. The Balaban J connectivity index is 1.92. The molecule has 1 aliphatic carbocycles. The van der Waals surface area contributed by atoms with E-state index in [4.69, 9.17) is 0 Å². The minimum absolute atomic E-state index is 0.126. The molecule has 1 heterocycles. The summed E-state index contributed by atoms with van der Waals surface area (Å²) in [7, 11) is 0. The van der Waals surface area contributed by atoms with Gasteiger partial charge in [0, 0.05) is 30.4 Å². The van der Waals surface area contributed by atoms with Crippen molar-refractivity contribution in [3.63, 3.8) is 0 Å². The zero-order chi connectivity index (χ0) is 14.2. The Morgan fingerprint density at radius 3 is 2.80 bits per heavy atom. The summed E-state index contributed by atoms with van der Waals surface area (Å²) in [5.41, 5.74) is 2.54. The van der Waals surface area contributed by atoms with Gasteiger partial charge in [-0.25, -0.2) is 4.39 Å². The number of anilines is 1. The van der Waals surface area contributed by atoms with Crippen LogP contribution in [-0.4, -0.2) is 24.7 Å². The first-order valence-corrected chi connectivity index (χ1v) is 7.91. The van der Waals surface area contributed by atoms with E-state index in [1.807, 2.05) is 6.07 Å². The van der Waals surface area contributed by atoms with Crippen LogP contribution in [0.1, 0.15) is 44.6 Å². The third-order valence-electron chi connectivity index (χ3n) is 5.14. The van der Waals surface area contributed by atoms with Gasteiger partial charge in [-0.15, -0.1) is 0 Å². The van der Waals surface area contributed by atoms with Crippen LogP contribution in [0.5, 0.6) is 0 Å². The minimum atomic E-state index is -0.126. The lowest BCUT2D eigenvalue weighted by Gasteiger charge is -2.48. The van der Waals surface area contributed by atoms with Crippen LogP contribution in [-0.2, 0) is 0 Å². The number of piperazine rings is 1. The average Bonchev–Trinajstić information content (AvgIpc) is 2.90. The van der Waals surface area contributed by atoms with Gasteiger partial charge in [-0.05, 0) is 43.9 Å². The van der Waals surface area contributed by atoms with Crippen molar-refractivity contribution in [1.82, 2.24) is 5.32 Å². The zero-order valence-corrected chi connectivity index (χ0v) is 12.6. The summed E-state index contributed by atoms with van der Waals surface area (Å²) in [6.45, 7) is 6.35. The van der Waals surface area contributed by atoms with Gasteiger partial charge in [0.1, 0.15) is 5.82 Å². The van der Waals surface area contributed by atoms with Crippen molar-refractivity contribution >= 4 is 5.69 Å². The topological polar surface area (TPSA) is 15.3 Å². The van der Waals surface area contributed by atoms with Crippen LogP contribution in [0.3, 0.4) is 0 Å². The Morgan fingerprint density at radius 1 is 1.35 bits per heavy atom.